The van der Waals surface area contributed by atoms with Crippen molar-refractivity contribution >= 4 is 57.6 Å². The second kappa shape index (κ2) is 15.8. The van der Waals surface area contributed by atoms with Gasteiger partial charge in [-0.2, -0.15) is 10.2 Å². The summed E-state index contributed by atoms with van der Waals surface area (Å²) in [5.41, 5.74) is 14.7. The van der Waals surface area contributed by atoms with E-state index >= 15 is 0 Å². The first kappa shape index (κ1) is 40.6. The third-order valence-corrected chi connectivity index (χ3v) is 10.5. The summed E-state index contributed by atoms with van der Waals surface area (Å²) in [6.07, 6.45) is 3.58. The van der Waals surface area contributed by atoms with Crippen LogP contribution in [-0.2, 0) is 26.2 Å². The molecule has 8 rings (SSSR count). The van der Waals surface area contributed by atoms with Crippen LogP contribution in [0.15, 0.2) is 48.6 Å². The molecule has 318 valence electrons. The minimum absolute atomic E-state index is 0.0608. The number of anilines is 2. The number of aryl methyl sites for hydroxylation is 4. The molecule has 0 aliphatic carbocycles. The number of primary amides is 2. The molecule has 1 fully saturated rings. The molecular weight excluding hydrogens is 797 g/mol. The van der Waals surface area contributed by atoms with Crippen LogP contribution in [0.4, 0.5) is 20.7 Å². The van der Waals surface area contributed by atoms with E-state index in [1.807, 2.05) is 13.8 Å². The Kier molecular flexibility index (Phi) is 10.5. The number of allylic oxidation sites excluding steroid dienone is 2. The molecule has 61 heavy (non-hydrogen) atoms. The number of halogens is 2. The predicted molar refractivity (Wildman–Crippen MR) is 218 cm³/mol. The number of rotatable bonds is 9. The summed E-state index contributed by atoms with van der Waals surface area (Å²) >= 11 is 0. The Morgan fingerprint density at radius 2 is 1.15 bits per heavy atom. The molecule has 21 heteroatoms. The molecule has 0 spiro atoms. The minimum atomic E-state index is -2.95. The number of carbonyl (C=O) groups is 4. The Bertz CT molecular complexity index is 2600. The molecule has 19 nitrogen and oxygen atoms in total. The zero-order valence-electron chi connectivity index (χ0n) is 33.7. The maximum Gasteiger partial charge on any atom is 0.276 e. The fraction of sp³-hybridized carbons (Fsp3) is 0.350. The van der Waals surface area contributed by atoms with E-state index in [4.69, 9.17) is 30.9 Å². The molecule has 2 aromatic carbocycles. The van der Waals surface area contributed by atoms with E-state index in [0.29, 0.717) is 46.9 Å². The van der Waals surface area contributed by atoms with Crippen LogP contribution in [0.3, 0.4) is 0 Å². The number of ether oxygens (including phenoxy) is 2. The van der Waals surface area contributed by atoms with Gasteiger partial charge in [-0.25, -0.2) is 18.7 Å². The predicted octanol–water partition coefficient (Wildman–Crippen LogP) is 3.49. The van der Waals surface area contributed by atoms with E-state index in [1.54, 1.807) is 56.6 Å². The maximum atomic E-state index is 14.4. The summed E-state index contributed by atoms with van der Waals surface area (Å²) in [7, 11) is 0. The van der Waals surface area contributed by atoms with E-state index in [0.717, 1.165) is 0 Å². The lowest BCUT2D eigenvalue weighted by Crippen LogP contribution is -2.62. The number of benzene rings is 2. The number of hydrogen-bond donors (Lipinski definition) is 4. The zero-order valence-corrected chi connectivity index (χ0v) is 33.7. The molecule has 2 aliphatic heterocycles. The van der Waals surface area contributed by atoms with Gasteiger partial charge in [-0.3, -0.25) is 44.1 Å². The van der Waals surface area contributed by atoms with Crippen molar-refractivity contribution in [2.24, 2.45) is 11.5 Å². The molecule has 0 atom stereocenters. The third kappa shape index (κ3) is 7.86. The van der Waals surface area contributed by atoms with Gasteiger partial charge < -0.3 is 30.1 Å². The summed E-state index contributed by atoms with van der Waals surface area (Å²) in [5, 5.41) is 14.5. The highest BCUT2D eigenvalue weighted by atomic mass is 19.3. The van der Waals surface area contributed by atoms with Crippen LogP contribution in [0.25, 0.3) is 22.1 Å². The fourth-order valence-electron chi connectivity index (χ4n) is 7.58. The average molecular weight is 840 g/mol. The highest BCUT2D eigenvalue weighted by Crippen LogP contribution is 2.35. The molecule has 0 saturated carbocycles. The number of aromatic nitrogens is 8. The van der Waals surface area contributed by atoms with Crippen LogP contribution in [-0.4, -0.2) is 105 Å². The lowest BCUT2D eigenvalue weighted by molar-refractivity contribution is -0.153. The molecule has 1 saturated heterocycles. The lowest BCUT2D eigenvalue weighted by Gasteiger charge is -2.43. The normalized spacial score (nSPS) is 16.2. The van der Waals surface area contributed by atoms with Crippen molar-refractivity contribution in [1.29, 1.82) is 0 Å². The van der Waals surface area contributed by atoms with Crippen molar-refractivity contribution in [3.63, 3.8) is 0 Å². The monoisotopic (exact) mass is 839 g/mol. The summed E-state index contributed by atoms with van der Waals surface area (Å²) in [6, 6.07) is 8.32. The first-order valence-electron chi connectivity index (χ1n) is 19.5. The SMILES string of the molecule is CCn1nc(C)cc1C(=O)Nc1nc2cc(C(N)=O)cc3c2n1C/C=C/Cn1c(NC(=O)c2cc(C)nn2CC)nc2cc(C(N)=O)cc(c21)OCC(N1CC(F)(F)C1)CO3. The van der Waals surface area contributed by atoms with Gasteiger partial charge in [0.2, 0.25) is 23.7 Å². The van der Waals surface area contributed by atoms with Gasteiger partial charge in [0.05, 0.1) is 41.6 Å². The van der Waals surface area contributed by atoms with Crippen molar-refractivity contribution in [2.45, 2.75) is 65.8 Å². The molecular formula is C40H43F2N13O6. The summed E-state index contributed by atoms with van der Waals surface area (Å²) in [5.74, 6) is -4.96. The van der Waals surface area contributed by atoms with E-state index in [1.165, 1.54) is 29.2 Å². The molecule has 6 N–H and O–H groups in total. The number of nitrogens with zero attached hydrogens (tertiary/aromatic N) is 9. The number of amides is 4. The van der Waals surface area contributed by atoms with Crippen LogP contribution in [0.2, 0.25) is 0 Å². The molecule has 6 aromatic rings. The number of imidazole rings is 2. The van der Waals surface area contributed by atoms with Gasteiger partial charge in [0.1, 0.15) is 47.1 Å². The number of carbonyl (C=O) groups excluding carboxylic acids is 4. The highest BCUT2D eigenvalue weighted by molar-refractivity contribution is 6.05. The molecule has 6 heterocycles. The van der Waals surface area contributed by atoms with Gasteiger partial charge in [-0.05, 0) is 64.1 Å². The first-order chi connectivity index (χ1) is 29.1. The van der Waals surface area contributed by atoms with Gasteiger partial charge in [-0.15, -0.1) is 0 Å². The van der Waals surface area contributed by atoms with Crippen molar-refractivity contribution in [3.05, 3.63) is 82.5 Å². The number of nitrogens with two attached hydrogens (primary N) is 2. The number of alkyl halides is 2. The largest absolute Gasteiger partial charge is 0.490 e. The Morgan fingerprint density at radius 1 is 0.721 bits per heavy atom. The van der Waals surface area contributed by atoms with Crippen molar-refractivity contribution in [1.82, 2.24) is 43.6 Å². The van der Waals surface area contributed by atoms with Gasteiger partial charge in [0.25, 0.3) is 17.7 Å². The molecule has 2 aliphatic rings. The Balaban J connectivity index is 1.26. The average Bonchev–Trinajstić information content (AvgIpc) is 3.97. The van der Waals surface area contributed by atoms with Gasteiger partial charge in [0, 0.05) is 37.3 Å². The van der Waals surface area contributed by atoms with Crippen molar-refractivity contribution in [3.8, 4) is 11.5 Å². The number of hydrogen-bond acceptors (Lipinski definition) is 11. The first-order valence-corrected chi connectivity index (χ1v) is 19.5. The number of nitrogens with one attached hydrogen (secondary N) is 2. The molecule has 0 bridgehead atoms. The van der Waals surface area contributed by atoms with E-state index < -0.39 is 48.7 Å². The topological polar surface area (TPSA) is 237 Å². The number of likely N-dealkylation sites (tertiary alicyclic amines) is 1. The van der Waals surface area contributed by atoms with Crippen LogP contribution in [0.5, 0.6) is 11.5 Å². The maximum absolute atomic E-state index is 14.4. The molecule has 0 unspecified atom stereocenters. The summed E-state index contributed by atoms with van der Waals surface area (Å²) in [4.78, 5) is 63.6. The summed E-state index contributed by atoms with van der Waals surface area (Å²) in [6.45, 7) is 6.72. The summed E-state index contributed by atoms with van der Waals surface area (Å²) < 4.78 is 48.1. The van der Waals surface area contributed by atoms with E-state index in [2.05, 4.69) is 20.8 Å². The van der Waals surface area contributed by atoms with Crippen molar-refractivity contribution < 1.29 is 37.4 Å². The second-order valence-corrected chi connectivity index (χ2v) is 14.9. The van der Waals surface area contributed by atoms with Crippen LogP contribution in [0, 0.1) is 13.8 Å². The van der Waals surface area contributed by atoms with E-state index in [-0.39, 0.29) is 71.9 Å². The Morgan fingerprint density at radius 3 is 1.52 bits per heavy atom. The molecule has 4 amide bonds. The minimum Gasteiger partial charge on any atom is -0.490 e. The third-order valence-electron chi connectivity index (χ3n) is 10.5. The molecule has 4 aromatic heterocycles. The fourth-order valence-corrected chi connectivity index (χ4v) is 7.58. The Hall–Kier alpha value is -7.16. The molecule has 0 radical (unpaired) electrons. The second-order valence-electron chi connectivity index (χ2n) is 14.9. The van der Waals surface area contributed by atoms with E-state index in [9.17, 15) is 28.0 Å². The van der Waals surface area contributed by atoms with Gasteiger partial charge >= 0.3 is 0 Å². The van der Waals surface area contributed by atoms with Crippen LogP contribution < -0.4 is 31.6 Å². The Labute approximate surface area is 346 Å². The lowest BCUT2D eigenvalue weighted by atomic mass is 10.1. The smallest absolute Gasteiger partial charge is 0.276 e. The standard InChI is InChI=1S/C40H43F2N13O6/c1-5-54-28(11-21(3)49-54)36(58)47-38-45-26-13-23(34(43)56)15-30-32(26)52(38)9-7-8-10-53-33-27(46-39(53)48-37(59)29-12-22(4)50-55(29)6-2)14-24(35(44)57)16-31(33)61-18-25(17-60-30)51-19-40(41,42)20-51/h7-8,11-16,25H,5-6,9-10,17-20H2,1-4H3,(H2,43,56)(H2,44,57)(H,45,47,58)(H,46,48,59)/b8-7+. The quantitative estimate of drug-likeness (QED) is 0.154. The zero-order chi connectivity index (χ0) is 43.3. The van der Waals surface area contributed by atoms with Crippen LogP contribution >= 0.6 is 0 Å². The van der Waals surface area contributed by atoms with Gasteiger partial charge in [-0.1, -0.05) is 12.2 Å². The van der Waals surface area contributed by atoms with Gasteiger partial charge in [0.15, 0.2) is 0 Å². The van der Waals surface area contributed by atoms with Crippen LogP contribution in [0.1, 0.15) is 66.9 Å². The van der Waals surface area contributed by atoms with Crippen molar-refractivity contribution in [2.75, 3.05) is 36.9 Å². The highest BCUT2D eigenvalue weighted by Gasteiger charge is 2.47.